The van der Waals surface area contributed by atoms with E-state index in [4.69, 9.17) is 9.26 Å². The summed E-state index contributed by atoms with van der Waals surface area (Å²) in [5, 5.41) is 11.1. The Balaban J connectivity index is 0.00000320. The summed E-state index contributed by atoms with van der Waals surface area (Å²) in [6, 6.07) is 10.5. The minimum Gasteiger partial charge on any atom is -0.495 e. The van der Waals surface area contributed by atoms with E-state index in [0.29, 0.717) is 18.5 Å². The lowest BCUT2D eigenvalue weighted by Gasteiger charge is -2.22. The summed E-state index contributed by atoms with van der Waals surface area (Å²) in [4.78, 5) is 6.71. The van der Waals surface area contributed by atoms with Crippen molar-refractivity contribution in [3.8, 4) is 5.75 Å². The number of aromatic nitrogens is 1. The molecule has 0 saturated carbocycles. The highest BCUT2D eigenvalue weighted by Crippen LogP contribution is 2.30. The van der Waals surface area contributed by atoms with Gasteiger partial charge in [-0.15, -0.1) is 24.0 Å². The first-order valence-electron chi connectivity index (χ1n) is 10.5. The molecule has 1 unspecified atom stereocenters. The van der Waals surface area contributed by atoms with Gasteiger partial charge < -0.3 is 24.8 Å². The summed E-state index contributed by atoms with van der Waals surface area (Å²) in [5.74, 6) is 2.98. The van der Waals surface area contributed by atoms with Crippen molar-refractivity contribution in [3.05, 3.63) is 41.8 Å². The van der Waals surface area contributed by atoms with E-state index in [0.717, 1.165) is 61.2 Å². The average Bonchev–Trinajstić information content (AvgIpc) is 3.42. The molecule has 2 heterocycles. The van der Waals surface area contributed by atoms with Gasteiger partial charge in [0.25, 0.3) is 0 Å². The third kappa shape index (κ3) is 6.02. The number of aliphatic imine (C=N–C) groups is 1. The molecule has 166 valence electrons. The van der Waals surface area contributed by atoms with Crippen LogP contribution in [0.15, 0.2) is 39.8 Å². The molecule has 7 nitrogen and oxygen atoms in total. The number of methoxy groups -OCH3 is 1. The number of hydrogen-bond donors (Lipinski definition) is 2. The smallest absolute Gasteiger partial charge is 0.191 e. The van der Waals surface area contributed by atoms with Crippen molar-refractivity contribution in [2.45, 2.75) is 51.6 Å². The molecule has 1 aliphatic rings. The number of benzene rings is 1. The van der Waals surface area contributed by atoms with Gasteiger partial charge in [0, 0.05) is 38.2 Å². The second kappa shape index (κ2) is 12.0. The van der Waals surface area contributed by atoms with Gasteiger partial charge in [-0.25, -0.2) is 0 Å². The first kappa shape index (κ1) is 24.3. The fraction of sp³-hybridized carbons (Fsp3) is 0.545. The fourth-order valence-corrected chi connectivity index (χ4v) is 3.86. The van der Waals surface area contributed by atoms with E-state index in [1.54, 1.807) is 14.2 Å². The van der Waals surface area contributed by atoms with Crippen LogP contribution in [0.1, 0.15) is 50.5 Å². The first-order chi connectivity index (χ1) is 14.2. The zero-order valence-electron chi connectivity index (χ0n) is 18.4. The molecule has 0 bridgehead atoms. The SMILES string of the molecule is CCC(CC)c1cc(CNC(=NC)NC2CCN(c3ccccc3OC)C2)on1.I. The summed E-state index contributed by atoms with van der Waals surface area (Å²) in [5.41, 5.74) is 2.18. The molecule has 1 aliphatic heterocycles. The lowest BCUT2D eigenvalue weighted by Crippen LogP contribution is -2.44. The molecular weight excluding hydrogens is 493 g/mol. The van der Waals surface area contributed by atoms with Crippen molar-refractivity contribution in [2.24, 2.45) is 4.99 Å². The molecule has 0 aliphatic carbocycles. The van der Waals surface area contributed by atoms with E-state index in [-0.39, 0.29) is 24.0 Å². The Kier molecular flexibility index (Phi) is 9.74. The molecule has 1 fully saturated rings. The van der Waals surface area contributed by atoms with Crippen LogP contribution < -0.4 is 20.3 Å². The second-order valence-electron chi connectivity index (χ2n) is 7.41. The van der Waals surface area contributed by atoms with E-state index in [9.17, 15) is 0 Å². The van der Waals surface area contributed by atoms with Crippen LogP contribution in [0.5, 0.6) is 5.75 Å². The number of halogens is 1. The highest BCUT2D eigenvalue weighted by molar-refractivity contribution is 14.0. The second-order valence-corrected chi connectivity index (χ2v) is 7.41. The first-order valence-corrected chi connectivity index (χ1v) is 10.5. The molecular formula is C22H34IN5O2. The molecule has 1 saturated heterocycles. The van der Waals surface area contributed by atoms with Gasteiger partial charge in [-0.2, -0.15) is 0 Å². The predicted molar refractivity (Wildman–Crippen MR) is 132 cm³/mol. The van der Waals surface area contributed by atoms with Gasteiger partial charge in [-0.1, -0.05) is 31.1 Å². The van der Waals surface area contributed by atoms with Crippen LogP contribution >= 0.6 is 24.0 Å². The molecule has 1 atom stereocenters. The average molecular weight is 527 g/mol. The van der Waals surface area contributed by atoms with Crippen LogP contribution in [0.25, 0.3) is 0 Å². The third-order valence-corrected chi connectivity index (χ3v) is 5.59. The standard InChI is InChI=1S/C22H33N5O2.HI/c1-5-16(6-2)19-13-18(29-26-19)14-24-22(23-3)25-17-11-12-27(15-17)20-9-7-8-10-21(20)28-4;/h7-10,13,16-17H,5-6,11-12,14-15H2,1-4H3,(H2,23,24,25);1H. The Hall–Kier alpha value is -1.97. The Labute approximate surface area is 196 Å². The van der Waals surface area contributed by atoms with Gasteiger partial charge in [-0.3, -0.25) is 4.99 Å². The number of nitrogens with one attached hydrogen (secondary N) is 2. The fourth-order valence-electron chi connectivity index (χ4n) is 3.86. The van der Waals surface area contributed by atoms with Crippen LogP contribution in [-0.2, 0) is 6.54 Å². The maximum Gasteiger partial charge on any atom is 0.191 e. The zero-order valence-corrected chi connectivity index (χ0v) is 20.7. The third-order valence-electron chi connectivity index (χ3n) is 5.59. The van der Waals surface area contributed by atoms with Crippen LogP contribution in [0.3, 0.4) is 0 Å². The number of ether oxygens (including phenoxy) is 1. The highest BCUT2D eigenvalue weighted by atomic mass is 127. The lowest BCUT2D eigenvalue weighted by atomic mass is 9.99. The van der Waals surface area contributed by atoms with Gasteiger partial charge in [0.1, 0.15) is 5.75 Å². The molecule has 2 aromatic rings. The van der Waals surface area contributed by atoms with E-state index < -0.39 is 0 Å². The molecule has 0 amide bonds. The Morgan fingerprint density at radius 1 is 1.33 bits per heavy atom. The maximum absolute atomic E-state index is 5.50. The van der Waals surface area contributed by atoms with Crippen LogP contribution in [0, 0.1) is 0 Å². The van der Waals surface area contributed by atoms with Crippen LogP contribution in [0.2, 0.25) is 0 Å². The number of para-hydroxylation sites is 2. The Bertz CT molecular complexity index is 806. The van der Waals surface area contributed by atoms with Crippen molar-refractivity contribution in [1.29, 1.82) is 0 Å². The Morgan fingerprint density at radius 3 is 2.80 bits per heavy atom. The van der Waals surface area contributed by atoms with Crippen molar-refractivity contribution < 1.29 is 9.26 Å². The maximum atomic E-state index is 5.50. The molecule has 0 spiro atoms. The molecule has 30 heavy (non-hydrogen) atoms. The van der Waals surface area contributed by atoms with Gasteiger partial charge in [0.2, 0.25) is 0 Å². The monoisotopic (exact) mass is 527 g/mol. The quantitative estimate of drug-likeness (QED) is 0.305. The lowest BCUT2D eigenvalue weighted by molar-refractivity contribution is 0.368. The summed E-state index contributed by atoms with van der Waals surface area (Å²) in [6.45, 7) is 6.82. The largest absolute Gasteiger partial charge is 0.495 e. The normalized spacial score (nSPS) is 16.5. The summed E-state index contributed by atoms with van der Waals surface area (Å²) < 4.78 is 11.0. The number of nitrogens with zero attached hydrogens (tertiary/aromatic N) is 3. The van der Waals surface area contributed by atoms with Crippen LogP contribution in [0.4, 0.5) is 5.69 Å². The molecule has 0 radical (unpaired) electrons. The minimum absolute atomic E-state index is 0. The van der Waals surface area contributed by atoms with E-state index in [2.05, 4.69) is 51.7 Å². The summed E-state index contributed by atoms with van der Waals surface area (Å²) in [6.07, 6.45) is 3.19. The summed E-state index contributed by atoms with van der Waals surface area (Å²) in [7, 11) is 3.51. The number of hydrogen-bond acceptors (Lipinski definition) is 5. The van der Waals surface area contributed by atoms with E-state index in [1.165, 1.54) is 0 Å². The van der Waals surface area contributed by atoms with E-state index >= 15 is 0 Å². The van der Waals surface area contributed by atoms with Crippen molar-refractivity contribution >= 4 is 35.6 Å². The van der Waals surface area contributed by atoms with Crippen molar-refractivity contribution in [3.63, 3.8) is 0 Å². The molecule has 8 heteroatoms. The number of rotatable bonds is 8. The van der Waals surface area contributed by atoms with Gasteiger partial charge in [-0.05, 0) is 31.4 Å². The number of anilines is 1. The van der Waals surface area contributed by atoms with Gasteiger partial charge >= 0.3 is 0 Å². The number of guanidine groups is 1. The predicted octanol–water partition coefficient (Wildman–Crippen LogP) is 4.15. The molecule has 3 rings (SSSR count). The minimum atomic E-state index is 0. The zero-order chi connectivity index (χ0) is 20.6. The topological polar surface area (TPSA) is 74.9 Å². The van der Waals surface area contributed by atoms with Gasteiger partial charge in [0.15, 0.2) is 11.7 Å². The molecule has 2 N–H and O–H groups in total. The van der Waals surface area contributed by atoms with Crippen molar-refractivity contribution in [1.82, 2.24) is 15.8 Å². The van der Waals surface area contributed by atoms with Gasteiger partial charge in [0.05, 0.1) is 25.0 Å². The molecule has 1 aromatic carbocycles. The van der Waals surface area contributed by atoms with Crippen molar-refractivity contribution in [2.75, 3.05) is 32.1 Å². The van der Waals surface area contributed by atoms with Crippen LogP contribution in [-0.4, -0.2) is 44.4 Å². The molecule has 1 aromatic heterocycles. The highest BCUT2D eigenvalue weighted by Gasteiger charge is 2.25. The Morgan fingerprint density at radius 2 is 2.10 bits per heavy atom. The summed E-state index contributed by atoms with van der Waals surface area (Å²) >= 11 is 0. The van der Waals surface area contributed by atoms with E-state index in [1.807, 2.05) is 18.2 Å².